The number of halogens is 1. The second-order valence-corrected chi connectivity index (χ2v) is 9.41. The largest absolute Gasteiger partial charge is 0.481 e. The van der Waals surface area contributed by atoms with Gasteiger partial charge in [0.25, 0.3) is 0 Å². The van der Waals surface area contributed by atoms with E-state index in [1.54, 1.807) is 26.8 Å². The van der Waals surface area contributed by atoms with Crippen LogP contribution in [0.4, 0.5) is 0 Å². The summed E-state index contributed by atoms with van der Waals surface area (Å²) in [5.74, 6) is 0.556. The van der Waals surface area contributed by atoms with Crippen molar-refractivity contribution < 1.29 is 13.2 Å². The zero-order valence-corrected chi connectivity index (χ0v) is 15.7. The Hall–Kier alpha value is -0.660. The fourth-order valence-corrected chi connectivity index (χ4v) is 3.32. The molecule has 0 aromatic carbocycles. The number of ether oxygens (including phenoxy) is 1. The highest BCUT2D eigenvalue weighted by atomic mass is 79.9. The Bertz CT molecular complexity index is 595. The van der Waals surface area contributed by atoms with Crippen LogP contribution < -0.4 is 9.46 Å². The first kappa shape index (κ1) is 18.4. The highest BCUT2D eigenvalue weighted by molar-refractivity contribution is 9.10. The number of sulfonamides is 1. The van der Waals surface area contributed by atoms with Crippen LogP contribution in [-0.2, 0) is 10.0 Å². The van der Waals surface area contributed by atoms with Gasteiger partial charge >= 0.3 is 0 Å². The number of aromatic nitrogens is 1. The lowest BCUT2D eigenvalue weighted by Gasteiger charge is -2.28. The first-order chi connectivity index (χ1) is 9.49. The third kappa shape index (κ3) is 4.40. The lowest BCUT2D eigenvalue weighted by Crippen LogP contribution is -2.42. The molecule has 0 bridgehead atoms. The molecule has 0 aliphatic heterocycles. The molecule has 0 unspecified atom stereocenters. The zero-order chi connectivity index (χ0) is 16.4. The Morgan fingerprint density at radius 3 is 2.24 bits per heavy atom. The van der Waals surface area contributed by atoms with E-state index in [2.05, 4.69) is 25.6 Å². The van der Waals surface area contributed by atoms with Crippen LogP contribution >= 0.6 is 15.9 Å². The molecule has 1 atom stereocenters. The molecule has 5 nitrogen and oxygen atoms in total. The van der Waals surface area contributed by atoms with E-state index in [9.17, 15) is 8.42 Å². The molecule has 0 saturated heterocycles. The summed E-state index contributed by atoms with van der Waals surface area (Å²) in [5, 5.41) is 0. The smallest absolute Gasteiger partial charge is 0.217 e. The van der Waals surface area contributed by atoms with Gasteiger partial charge in [-0.25, -0.2) is 18.1 Å². The predicted octanol–water partition coefficient (Wildman–Crippen LogP) is 3.27. The minimum Gasteiger partial charge on any atom is -0.481 e. The van der Waals surface area contributed by atoms with E-state index >= 15 is 0 Å². The fraction of sp³-hybridized carbons (Fsp3) is 0.643. The molecule has 0 radical (unpaired) electrons. The van der Waals surface area contributed by atoms with Crippen LogP contribution in [0.5, 0.6) is 5.88 Å². The van der Waals surface area contributed by atoms with Crippen molar-refractivity contribution in [2.24, 2.45) is 5.92 Å². The lowest BCUT2D eigenvalue weighted by atomic mass is 9.99. The molecule has 1 heterocycles. The van der Waals surface area contributed by atoms with Gasteiger partial charge in [0, 0.05) is 11.6 Å². The van der Waals surface area contributed by atoms with E-state index in [1.807, 2.05) is 19.9 Å². The number of methoxy groups -OCH3 is 1. The van der Waals surface area contributed by atoms with Gasteiger partial charge in [0.15, 0.2) is 0 Å². The van der Waals surface area contributed by atoms with E-state index in [-0.39, 0.29) is 12.0 Å². The highest BCUT2D eigenvalue weighted by Crippen LogP contribution is 2.31. The number of hydrogen-bond acceptors (Lipinski definition) is 4. The summed E-state index contributed by atoms with van der Waals surface area (Å²) in [5.41, 5.74) is 0.790. The van der Waals surface area contributed by atoms with E-state index in [1.165, 1.54) is 7.11 Å². The van der Waals surface area contributed by atoms with Crippen LogP contribution in [0.2, 0.25) is 0 Å². The zero-order valence-electron chi connectivity index (χ0n) is 13.3. The minimum absolute atomic E-state index is 0.0774. The molecule has 0 spiro atoms. The molecule has 1 rings (SSSR count). The molecule has 1 aromatic heterocycles. The summed E-state index contributed by atoms with van der Waals surface area (Å²) in [6, 6.07) is 3.19. The van der Waals surface area contributed by atoms with Crippen molar-refractivity contribution in [3.8, 4) is 5.88 Å². The minimum atomic E-state index is -3.45. The molecule has 1 aromatic rings. The summed E-state index contributed by atoms with van der Waals surface area (Å²) in [6.07, 6.45) is 0. The van der Waals surface area contributed by atoms with E-state index in [0.29, 0.717) is 10.5 Å². The van der Waals surface area contributed by atoms with Gasteiger partial charge in [0.2, 0.25) is 15.9 Å². The van der Waals surface area contributed by atoms with E-state index in [4.69, 9.17) is 4.74 Å². The Labute approximate surface area is 135 Å². The average Bonchev–Trinajstić information content (AvgIpc) is 2.34. The third-order valence-corrected chi connectivity index (χ3v) is 5.96. The number of rotatable bonds is 5. The Morgan fingerprint density at radius 2 is 1.86 bits per heavy atom. The molecule has 21 heavy (non-hydrogen) atoms. The number of pyridine rings is 1. The van der Waals surface area contributed by atoms with Crippen LogP contribution in [0.25, 0.3) is 0 Å². The standard InChI is InChI=1S/C14H23BrN2O3S/c1-9(2)12(17-21(18,19)14(3,4)5)10-7-8-11(20-6)16-13(10)15/h7-9,12,17H,1-6H3/t12-/m1/s1. The maximum atomic E-state index is 12.4. The summed E-state index contributed by atoms with van der Waals surface area (Å²) >= 11 is 3.39. The molecule has 0 fully saturated rings. The molecule has 0 aliphatic rings. The van der Waals surface area contributed by atoms with Crippen molar-refractivity contribution in [1.29, 1.82) is 0 Å². The summed E-state index contributed by atoms with van der Waals surface area (Å²) < 4.78 is 32.4. The normalized spacial score (nSPS) is 14.3. The maximum Gasteiger partial charge on any atom is 0.217 e. The molecule has 7 heteroatoms. The van der Waals surface area contributed by atoms with Gasteiger partial charge in [-0.1, -0.05) is 13.8 Å². The van der Waals surface area contributed by atoms with Crippen LogP contribution in [0.1, 0.15) is 46.2 Å². The molecular weight excluding hydrogens is 356 g/mol. The van der Waals surface area contributed by atoms with Crippen LogP contribution in [0.3, 0.4) is 0 Å². The molecule has 0 amide bonds. The SMILES string of the molecule is COc1ccc([C@H](NS(=O)(=O)C(C)(C)C)C(C)C)c(Br)n1. The Kier molecular flexibility index (Phi) is 5.80. The topological polar surface area (TPSA) is 68.3 Å². The van der Waals surface area contributed by atoms with Gasteiger partial charge in [0.05, 0.1) is 17.9 Å². The third-order valence-electron chi connectivity index (χ3n) is 3.15. The van der Waals surface area contributed by atoms with Crippen molar-refractivity contribution >= 4 is 26.0 Å². The van der Waals surface area contributed by atoms with Crippen molar-refractivity contribution in [1.82, 2.24) is 9.71 Å². The maximum absolute atomic E-state index is 12.4. The van der Waals surface area contributed by atoms with Crippen molar-refractivity contribution in [2.45, 2.75) is 45.4 Å². The second kappa shape index (κ2) is 6.62. The van der Waals surface area contributed by atoms with Crippen molar-refractivity contribution in [3.63, 3.8) is 0 Å². The first-order valence-corrected chi connectivity index (χ1v) is 8.99. The van der Waals surface area contributed by atoms with Crippen LogP contribution in [0.15, 0.2) is 16.7 Å². The average molecular weight is 379 g/mol. The van der Waals surface area contributed by atoms with Gasteiger partial charge in [-0.2, -0.15) is 0 Å². The predicted molar refractivity (Wildman–Crippen MR) is 87.9 cm³/mol. The van der Waals surface area contributed by atoms with Gasteiger partial charge < -0.3 is 4.74 Å². The van der Waals surface area contributed by atoms with Crippen LogP contribution in [0, 0.1) is 5.92 Å². The van der Waals surface area contributed by atoms with E-state index in [0.717, 1.165) is 5.56 Å². The number of nitrogens with one attached hydrogen (secondary N) is 1. The quantitative estimate of drug-likeness (QED) is 0.798. The van der Waals surface area contributed by atoms with Gasteiger partial charge in [-0.05, 0) is 48.7 Å². The number of nitrogens with zero attached hydrogens (tertiary/aromatic N) is 1. The van der Waals surface area contributed by atoms with Gasteiger partial charge in [-0.15, -0.1) is 0 Å². The Balaban J connectivity index is 3.21. The first-order valence-electron chi connectivity index (χ1n) is 6.72. The highest BCUT2D eigenvalue weighted by Gasteiger charge is 2.33. The number of hydrogen-bond donors (Lipinski definition) is 1. The Morgan fingerprint density at radius 1 is 1.29 bits per heavy atom. The van der Waals surface area contributed by atoms with Gasteiger partial charge in [0.1, 0.15) is 4.60 Å². The van der Waals surface area contributed by atoms with Crippen molar-refractivity contribution in [2.75, 3.05) is 7.11 Å². The van der Waals surface area contributed by atoms with Crippen LogP contribution in [-0.4, -0.2) is 25.3 Å². The molecule has 0 aliphatic carbocycles. The summed E-state index contributed by atoms with van der Waals surface area (Å²) in [7, 11) is -1.91. The molecular formula is C14H23BrN2O3S. The molecule has 0 saturated carbocycles. The monoisotopic (exact) mass is 378 g/mol. The van der Waals surface area contributed by atoms with E-state index < -0.39 is 14.8 Å². The molecule has 1 N–H and O–H groups in total. The second-order valence-electron chi connectivity index (χ2n) is 6.19. The summed E-state index contributed by atoms with van der Waals surface area (Å²) in [6.45, 7) is 8.95. The van der Waals surface area contributed by atoms with Crippen molar-refractivity contribution in [3.05, 3.63) is 22.3 Å². The lowest BCUT2D eigenvalue weighted by molar-refractivity contribution is 0.394. The summed E-state index contributed by atoms with van der Waals surface area (Å²) in [4.78, 5) is 4.25. The molecule has 120 valence electrons. The van der Waals surface area contributed by atoms with Gasteiger partial charge in [-0.3, -0.25) is 0 Å². The fourth-order valence-electron chi connectivity index (χ4n) is 1.68.